The minimum Gasteiger partial charge on any atom is -0.490 e. The van der Waals surface area contributed by atoms with Gasteiger partial charge in [0.25, 0.3) is 5.56 Å². The van der Waals surface area contributed by atoms with Crippen LogP contribution in [0.5, 0.6) is 5.75 Å². The molecule has 0 saturated heterocycles. The predicted octanol–water partition coefficient (Wildman–Crippen LogP) is 2.37. The quantitative estimate of drug-likeness (QED) is 0.692. The fraction of sp³-hybridized carbons (Fsp3) is 0.133. The van der Waals surface area contributed by atoms with Gasteiger partial charge < -0.3 is 4.74 Å². The molecule has 0 saturated carbocycles. The van der Waals surface area contributed by atoms with E-state index in [0.717, 1.165) is 0 Å². The summed E-state index contributed by atoms with van der Waals surface area (Å²) < 4.78 is 7.11. The van der Waals surface area contributed by atoms with Crippen molar-refractivity contribution in [2.24, 2.45) is 0 Å². The van der Waals surface area contributed by atoms with Gasteiger partial charge in [0.15, 0.2) is 11.4 Å². The zero-order chi connectivity index (χ0) is 14.4. The molecule has 0 aliphatic carbocycles. The molecule has 2 aromatic heterocycles. The standard InChI is InChI=1S/C15H10ClN3O2/c16-9-2-1-3-10(8-9)19-14-12(17-5-6-18-14)13-11(15(19)20)4-7-21-13/h1-3,5-6,8H,4,7H2. The molecule has 21 heavy (non-hydrogen) atoms. The highest BCUT2D eigenvalue weighted by Gasteiger charge is 2.24. The molecule has 4 rings (SSSR count). The van der Waals surface area contributed by atoms with Crippen LogP contribution in [-0.4, -0.2) is 21.1 Å². The summed E-state index contributed by atoms with van der Waals surface area (Å²) >= 11 is 6.04. The number of rotatable bonds is 1. The van der Waals surface area contributed by atoms with Crippen LogP contribution in [0.2, 0.25) is 5.02 Å². The van der Waals surface area contributed by atoms with Gasteiger partial charge in [-0.1, -0.05) is 17.7 Å². The second-order valence-electron chi connectivity index (χ2n) is 4.76. The molecule has 0 spiro atoms. The number of nitrogens with zero attached hydrogens (tertiary/aromatic N) is 3. The van der Waals surface area contributed by atoms with Crippen LogP contribution in [0.3, 0.4) is 0 Å². The van der Waals surface area contributed by atoms with Gasteiger partial charge in [-0.25, -0.2) is 9.97 Å². The summed E-state index contributed by atoms with van der Waals surface area (Å²) in [6.45, 7) is 0.496. The fourth-order valence-corrected chi connectivity index (χ4v) is 2.80. The lowest BCUT2D eigenvalue weighted by atomic mass is 10.2. The lowest BCUT2D eigenvalue weighted by Gasteiger charge is -2.11. The van der Waals surface area contributed by atoms with Crippen molar-refractivity contribution >= 4 is 22.8 Å². The van der Waals surface area contributed by atoms with E-state index in [-0.39, 0.29) is 5.56 Å². The number of pyridine rings is 1. The van der Waals surface area contributed by atoms with Crippen LogP contribution in [0, 0.1) is 0 Å². The summed E-state index contributed by atoms with van der Waals surface area (Å²) in [5, 5.41) is 0.563. The minimum atomic E-state index is -0.127. The van der Waals surface area contributed by atoms with Gasteiger partial charge >= 0.3 is 0 Å². The van der Waals surface area contributed by atoms with Crippen LogP contribution in [0.4, 0.5) is 0 Å². The lowest BCUT2D eigenvalue weighted by molar-refractivity contribution is 0.359. The minimum absolute atomic E-state index is 0.127. The van der Waals surface area contributed by atoms with E-state index < -0.39 is 0 Å². The molecule has 0 atom stereocenters. The Morgan fingerprint density at radius 2 is 2.10 bits per heavy atom. The molecule has 3 aromatic rings. The van der Waals surface area contributed by atoms with Crippen molar-refractivity contribution in [1.82, 2.24) is 14.5 Å². The molecular formula is C15H10ClN3O2. The fourth-order valence-electron chi connectivity index (χ4n) is 2.61. The number of ether oxygens (including phenoxy) is 1. The first-order valence-corrected chi connectivity index (χ1v) is 6.91. The Labute approximate surface area is 124 Å². The van der Waals surface area contributed by atoms with E-state index in [9.17, 15) is 4.79 Å². The molecule has 3 heterocycles. The molecule has 0 bridgehead atoms. The summed E-state index contributed by atoms with van der Waals surface area (Å²) in [6, 6.07) is 7.12. The third-order valence-corrected chi connectivity index (χ3v) is 3.74. The molecule has 6 heteroatoms. The van der Waals surface area contributed by atoms with Gasteiger partial charge in [-0.15, -0.1) is 0 Å². The molecule has 0 amide bonds. The van der Waals surface area contributed by atoms with E-state index in [0.29, 0.717) is 46.2 Å². The van der Waals surface area contributed by atoms with Crippen molar-refractivity contribution in [1.29, 1.82) is 0 Å². The summed E-state index contributed by atoms with van der Waals surface area (Å²) in [4.78, 5) is 21.4. The Balaban J connectivity index is 2.17. The molecule has 0 fully saturated rings. The third kappa shape index (κ3) is 1.81. The summed E-state index contributed by atoms with van der Waals surface area (Å²) in [5.41, 5.74) is 2.27. The van der Waals surface area contributed by atoms with Gasteiger partial charge in [-0.05, 0) is 18.2 Å². The molecule has 0 unspecified atom stereocenters. The predicted molar refractivity (Wildman–Crippen MR) is 79.3 cm³/mol. The normalized spacial score (nSPS) is 13.2. The maximum atomic E-state index is 12.8. The molecule has 1 aliphatic rings. The molecule has 5 nitrogen and oxygen atoms in total. The average Bonchev–Trinajstić information content (AvgIpc) is 2.98. The van der Waals surface area contributed by atoms with Crippen molar-refractivity contribution in [3.63, 3.8) is 0 Å². The van der Waals surface area contributed by atoms with Crippen molar-refractivity contribution in [3.05, 3.63) is 57.6 Å². The van der Waals surface area contributed by atoms with Crippen molar-refractivity contribution in [2.75, 3.05) is 6.61 Å². The maximum Gasteiger partial charge on any atom is 0.263 e. The van der Waals surface area contributed by atoms with E-state index >= 15 is 0 Å². The van der Waals surface area contributed by atoms with Crippen molar-refractivity contribution in [2.45, 2.75) is 6.42 Å². The van der Waals surface area contributed by atoms with Crippen LogP contribution in [0.15, 0.2) is 41.5 Å². The number of aromatic nitrogens is 3. The molecule has 0 radical (unpaired) electrons. The van der Waals surface area contributed by atoms with Crippen molar-refractivity contribution in [3.8, 4) is 11.4 Å². The summed E-state index contributed by atoms with van der Waals surface area (Å²) in [7, 11) is 0. The first-order valence-electron chi connectivity index (χ1n) is 6.53. The van der Waals surface area contributed by atoms with Crippen LogP contribution >= 0.6 is 11.6 Å². The summed E-state index contributed by atoms with van der Waals surface area (Å²) in [6.07, 6.45) is 3.74. The second kappa shape index (κ2) is 4.56. The van der Waals surface area contributed by atoms with Gasteiger partial charge in [-0.2, -0.15) is 0 Å². The SMILES string of the molecule is O=c1c2c(c3nccnc3n1-c1cccc(Cl)c1)OCC2. The largest absolute Gasteiger partial charge is 0.490 e. The highest BCUT2D eigenvalue weighted by Crippen LogP contribution is 2.30. The van der Waals surface area contributed by atoms with Gasteiger partial charge in [-0.3, -0.25) is 9.36 Å². The van der Waals surface area contributed by atoms with Crippen LogP contribution in [-0.2, 0) is 6.42 Å². The van der Waals surface area contributed by atoms with E-state index in [4.69, 9.17) is 16.3 Å². The van der Waals surface area contributed by atoms with Gasteiger partial charge in [0, 0.05) is 23.8 Å². The maximum absolute atomic E-state index is 12.8. The first kappa shape index (κ1) is 12.3. The van der Waals surface area contributed by atoms with Gasteiger partial charge in [0.1, 0.15) is 5.52 Å². The van der Waals surface area contributed by atoms with E-state index in [1.807, 2.05) is 6.07 Å². The van der Waals surface area contributed by atoms with E-state index in [2.05, 4.69) is 9.97 Å². The first-order chi connectivity index (χ1) is 10.3. The molecule has 1 aromatic carbocycles. The highest BCUT2D eigenvalue weighted by molar-refractivity contribution is 6.30. The highest BCUT2D eigenvalue weighted by atomic mass is 35.5. The van der Waals surface area contributed by atoms with E-state index in [1.54, 1.807) is 35.2 Å². The number of benzene rings is 1. The van der Waals surface area contributed by atoms with Crippen LogP contribution < -0.4 is 10.3 Å². The van der Waals surface area contributed by atoms with Gasteiger partial charge in [0.05, 0.1) is 17.9 Å². The topological polar surface area (TPSA) is 57.0 Å². The van der Waals surface area contributed by atoms with Crippen molar-refractivity contribution < 1.29 is 4.74 Å². The zero-order valence-corrected chi connectivity index (χ0v) is 11.7. The smallest absolute Gasteiger partial charge is 0.263 e. The van der Waals surface area contributed by atoms with Gasteiger partial charge in [0.2, 0.25) is 0 Å². The van der Waals surface area contributed by atoms with E-state index in [1.165, 1.54) is 0 Å². The Kier molecular flexibility index (Phi) is 2.68. The molecule has 0 N–H and O–H groups in total. The molecular weight excluding hydrogens is 290 g/mol. The second-order valence-corrected chi connectivity index (χ2v) is 5.19. The Hall–Kier alpha value is -2.40. The van der Waals surface area contributed by atoms with Crippen LogP contribution in [0.25, 0.3) is 16.9 Å². The monoisotopic (exact) mass is 299 g/mol. The average molecular weight is 300 g/mol. The lowest BCUT2D eigenvalue weighted by Crippen LogP contribution is -2.22. The number of hydrogen-bond donors (Lipinski definition) is 0. The number of halogens is 1. The Morgan fingerprint density at radius 3 is 2.95 bits per heavy atom. The third-order valence-electron chi connectivity index (χ3n) is 3.51. The Morgan fingerprint density at radius 1 is 1.24 bits per heavy atom. The molecule has 1 aliphatic heterocycles. The number of fused-ring (bicyclic) bond motifs is 3. The number of hydrogen-bond acceptors (Lipinski definition) is 4. The zero-order valence-electron chi connectivity index (χ0n) is 10.9. The molecule has 104 valence electrons. The Bertz CT molecular complexity index is 920. The van der Waals surface area contributed by atoms with Crippen LogP contribution in [0.1, 0.15) is 5.56 Å². The summed E-state index contributed by atoms with van der Waals surface area (Å²) in [5.74, 6) is 0.557.